The zero-order valence-electron chi connectivity index (χ0n) is 18.0. The summed E-state index contributed by atoms with van der Waals surface area (Å²) in [7, 11) is 3.09. The second-order valence-corrected chi connectivity index (χ2v) is 7.69. The molecule has 1 atom stereocenters. The Morgan fingerprint density at radius 2 is 1.73 bits per heavy atom. The van der Waals surface area contributed by atoms with Crippen LogP contribution < -0.4 is 19.6 Å². The maximum Gasteiger partial charge on any atom is 0.312 e. The predicted molar refractivity (Wildman–Crippen MR) is 121 cm³/mol. The first-order valence-electron chi connectivity index (χ1n) is 10.3. The van der Waals surface area contributed by atoms with Crippen LogP contribution in [0.25, 0.3) is 22.1 Å². The Kier molecular flexibility index (Phi) is 5.01. The number of aromatic hydroxyl groups is 1. The first-order chi connectivity index (χ1) is 16.0. The van der Waals surface area contributed by atoms with Crippen LogP contribution in [0.3, 0.4) is 0 Å². The lowest BCUT2D eigenvalue weighted by atomic mass is 9.85. The Morgan fingerprint density at radius 1 is 0.970 bits per heavy atom. The Hall–Kier alpha value is -4.26. The van der Waals surface area contributed by atoms with Gasteiger partial charge in [0.25, 0.3) is 0 Å². The molecule has 7 heteroatoms. The fraction of sp³-hybridized carbons (Fsp3) is 0.154. The zero-order chi connectivity index (χ0) is 23.1. The van der Waals surface area contributed by atoms with Gasteiger partial charge in [0.15, 0.2) is 0 Å². The fourth-order valence-electron chi connectivity index (χ4n) is 4.31. The highest BCUT2D eigenvalue weighted by molar-refractivity contribution is 5.94. The highest BCUT2D eigenvalue weighted by Gasteiger charge is 2.33. The van der Waals surface area contributed by atoms with Gasteiger partial charge in [-0.05, 0) is 23.8 Å². The van der Waals surface area contributed by atoms with Crippen molar-refractivity contribution >= 4 is 16.9 Å². The van der Waals surface area contributed by atoms with Gasteiger partial charge in [-0.15, -0.1) is 0 Å². The van der Waals surface area contributed by atoms with E-state index in [-0.39, 0.29) is 34.5 Å². The molecule has 1 aliphatic rings. The van der Waals surface area contributed by atoms with Gasteiger partial charge in [-0.2, -0.15) is 0 Å². The molecule has 0 aliphatic carbocycles. The number of hydrogen-bond acceptors (Lipinski definition) is 7. The van der Waals surface area contributed by atoms with Crippen molar-refractivity contribution in [1.82, 2.24) is 0 Å². The van der Waals surface area contributed by atoms with Crippen LogP contribution in [0.1, 0.15) is 23.5 Å². The minimum Gasteiger partial charge on any atom is -0.507 e. The van der Waals surface area contributed by atoms with Crippen LogP contribution in [0.5, 0.6) is 23.0 Å². The summed E-state index contributed by atoms with van der Waals surface area (Å²) < 4.78 is 22.0. The van der Waals surface area contributed by atoms with E-state index in [1.807, 2.05) is 12.1 Å². The third-order valence-corrected chi connectivity index (χ3v) is 5.89. The molecule has 1 aromatic heterocycles. The van der Waals surface area contributed by atoms with Crippen LogP contribution >= 0.6 is 0 Å². The predicted octanol–water partition coefficient (Wildman–Crippen LogP) is 4.62. The van der Waals surface area contributed by atoms with Crippen molar-refractivity contribution < 1.29 is 28.5 Å². The van der Waals surface area contributed by atoms with Crippen LogP contribution in [0.4, 0.5) is 0 Å². The van der Waals surface area contributed by atoms with Crippen molar-refractivity contribution in [3.63, 3.8) is 0 Å². The Bertz CT molecular complexity index is 1430. The number of hydrogen-bond donors (Lipinski definition) is 1. The lowest BCUT2D eigenvalue weighted by Crippen LogP contribution is -2.22. The van der Waals surface area contributed by atoms with Gasteiger partial charge in [-0.1, -0.05) is 30.3 Å². The van der Waals surface area contributed by atoms with Gasteiger partial charge >= 0.3 is 5.97 Å². The lowest BCUT2D eigenvalue weighted by molar-refractivity contribution is -0.135. The molecular formula is C26H20O7. The van der Waals surface area contributed by atoms with E-state index in [0.29, 0.717) is 22.6 Å². The molecular weight excluding hydrogens is 424 g/mol. The van der Waals surface area contributed by atoms with Gasteiger partial charge in [-0.3, -0.25) is 9.59 Å². The van der Waals surface area contributed by atoms with Crippen LogP contribution in [-0.2, 0) is 4.79 Å². The van der Waals surface area contributed by atoms with Crippen molar-refractivity contribution in [3.05, 3.63) is 82.2 Å². The Morgan fingerprint density at radius 3 is 2.45 bits per heavy atom. The van der Waals surface area contributed by atoms with Gasteiger partial charge in [0.2, 0.25) is 5.43 Å². The summed E-state index contributed by atoms with van der Waals surface area (Å²) in [4.78, 5) is 25.8. The minimum atomic E-state index is -0.435. The molecule has 0 saturated heterocycles. The molecule has 7 nitrogen and oxygen atoms in total. The molecule has 0 fully saturated rings. The lowest BCUT2D eigenvalue weighted by Gasteiger charge is -2.26. The molecule has 2 heterocycles. The second-order valence-electron chi connectivity index (χ2n) is 7.69. The number of rotatable bonds is 4. The standard InChI is InChI=1S/C26H20O7/c1-30-15-9-7-14(8-10-15)17-11-22(28)33-21-12-19(27)24-25(29)18(13-32-26(24)23(17)21)16-5-3-4-6-20(16)31-2/h3-10,12-13,17,27H,11H2,1-2H3/t17-/m1/s1. The summed E-state index contributed by atoms with van der Waals surface area (Å²) in [6, 6.07) is 15.7. The molecule has 1 aliphatic heterocycles. The fourth-order valence-corrected chi connectivity index (χ4v) is 4.31. The summed E-state index contributed by atoms with van der Waals surface area (Å²) in [5, 5.41) is 10.7. The van der Waals surface area contributed by atoms with Crippen molar-refractivity contribution in [3.8, 4) is 34.1 Å². The molecule has 0 unspecified atom stereocenters. The monoisotopic (exact) mass is 444 g/mol. The molecule has 33 heavy (non-hydrogen) atoms. The van der Waals surface area contributed by atoms with Crippen LogP contribution in [-0.4, -0.2) is 25.3 Å². The number of phenols is 1. The van der Waals surface area contributed by atoms with E-state index in [9.17, 15) is 14.7 Å². The Labute approximate surface area is 188 Å². The van der Waals surface area contributed by atoms with Gasteiger partial charge in [0, 0.05) is 23.1 Å². The first kappa shape index (κ1) is 20.6. The maximum absolute atomic E-state index is 13.5. The summed E-state index contributed by atoms with van der Waals surface area (Å²) in [5.74, 6) is 0.181. The summed E-state index contributed by atoms with van der Waals surface area (Å²) in [6.45, 7) is 0. The van der Waals surface area contributed by atoms with Crippen LogP contribution in [0, 0.1) is 0 Å². The maximum atomic E-state index is 13.5. The number of benzene rings is 3. The van der Waals surface area contributed by atoms with E-state index < -0.39 is 17.3 Å². The number of methoxy groups -OCH3 is 2. The van der Waals surface area contributed by atoms with Gasteiger partial charge in [0.1, 0.15) is 40.2 Å². The number of carbonyl (C=O) groups is 1. The topological polar surface area (TPSA) is 95.2 Å². The van der Waals surface area contributed by atoms with Crippen molar-refractivity contribution in [1.29, 1.82) is 0 Å². The van der Waals surface area contributed by atoms with E-state index >= 15 is 0 Å². The Balaban J connectivity index is 1.76. The zero-order valence-corrected chi connectivity index (χ0v) is 18.0. The van der Waals surface area contributed by atoms with Crippen molar-refractivity contribution in [2.45, 2.75) is 12.3 Å². The second kappa shape index (κ2) is 8.02. The molecule has 4 aromatic rings. The number of carbonyl (C=O) groups excluding carboxylic acids is 1. The number of para-hydroxylation sites is 1. The largest absolute Gasteiger partial charge is 0.507 e. The van der Waals surface area contributed by atoms with E-state index in [1.54, 1.807) is 43.5 Å². The van der Waals surface area contributed by atoms with E-state index in [4.69, 9.17) is 18.6 Å². The number of ether oxygens (including phenoxy) is 3. The normalized spacial score (nSPS) is 15.1. The minimum absolute atomic E-state index is 0.0219. The molecule has 3 aromatic carbocycles. The highest BCUT2D eigenvalue weighted by atomic mass is 16.5. The molecule has 0 radical (unpaired) electrons. The SMILES string of the molecule is COc1ccc([C@H]2CC(=O)Oc3cc(O)c4c(=O)c(-c5ccccc5OC)coc4c32)cc1. The van der Waals surface area contributed by atoms with Crippen molar-refractivity contribution in [2.75, 3.05) is 14.2 Å². The molecule has 0 bridgehead atoms. The number of phenolic OH excluding ortho intramolecular Hbond substituents is 1. The molecule has 5 rings (SSSR count). The van der Waals surface area contributed by atoms with E-state index in [2.05, 4.69) is 0 Å². The molecule has 166 valence electrons. The molecule has 0 saturated carbocycles. The van der Waals surface area contributed by atoms with Gasteiger partial charge < -0.3 is 23.7 Å². The highest BCUT2D eigenvalue weighted by Crippen LogP contribution is 2.46. The van der Waals surface area contributed by atoms with E-state index in [1.165, 1.54) is 19.4 Å². The average molecular weight is 444 g/mol. The summed E-state index contributed by atoms with van der Waals surface area (Å²) in [5.41, 5.74) is 1.94. The van der Waals surface area contributed by atoms with Crippen LogP contribution in [0.15, 0.2) is 70.1 Å². The molecule has 0 amide bonds. The molecule has 0 spiro atoms. The van der Waals surface area contributed by atoms with Crippen LogP contribution in [0.2, 0.25) is 0 Å². The third-order valence-electron chi connectivity index (χ3n) is 5.89. The van der Waals surface area contributed by atoms with E-state index in [0.717, 1.165) is 5.56 Å². The summed E-state index contributed by atoms with van der Waals surface area (Å²) >= 11 is 0. The van der Waals surface area contributed by atoms with Gasteiger partial charge in [0.05, 0.1) is 26.2 Å². The molecule has 1 N–H and O–H groups in total. The average Bonchev–Trinajstić information content (AvgIpc) is 2.83. The summed E-state index contributed by atoms with van der Waals surface area (Å²) in [6.07, 6.45) is 1.42. The third kappa shape index (κ3) is 3.38. The first-order valence-corrected chi connectivity index (χ1v) is 10.3. The quantitative estimate of drug-likeness (QED) is 0.362. The van der Waals surface area contributed by atoms with Gasteiger partial charge in [-0.25, -0.2) is 0 Å². The number of esters is 1. The smallest absolute Gasteiger partial charge is 0.312 e. The number of fused-ring (bicyclic) bond motifs is 3. The van der Waals surface area contributed by atoms with Crippen molar-refractivity contribution in [2.24, 2.45) is 0 Å².